The van der Waals surface area contributed by atoms with Crippen LogP contribution in [0.15, 0.2) is 30.3 Å². The summed E-state index contributed by atoms with van der Waals surface area (Å²) in [6, 6.07) is 10.8. The number of benzene rings is 1. The first-order valence-electron chi connectivity index (χ1n) is 7.24. The zero-order valence-corrected chi connectivity index (χ0v) is 12.4. The van der Waals surface area contributed by atoms with Gasteiger partial charge in [-0.2, -0.15) is 0 Å². The highest BCUT2D eigenvalue weighted by atomic mass is 32.2. The van der Waals surface area contributed by atoms with E-state index < -0.39 is 0 Å². The van der Waals surface area contributed by atoms with E-state index in [1.54, 1.807) is 11.8 Å². The molecule has 2 aliphatic heterocycles. The van der Waals surface area contributed by atoms with E-state index in [1.807, 2.05) is 6.07 Å². The Bertz CT molecular complexity index is 440. The van der Waals surface area contributed by atoms with Crippen molar-refractivity contribution in [1.82, 2.24) is 10.6 Å². The van der Waals surface area contributed by atoms with Crippen LogP contribution in [-0.4, -0.2) is 42.7 Å². The summed E-state index contributed by atoms with van der Waals surface area (Å²) >= 11 is 1.79. The molecule has 0 bridgehead atoms. The first-order chi connectivity index (χ1) is 9.83. The van der Waals surface area contributed by atoms with Gasteiger partial charge in [0, 0.05) is 36.4 Å². The third-order valence-electron chi connectivity index (χ3n) is 4.00. The zero-order valence-electron chi connectivity index (χ0n) is 11.5. The van der Waals surface area contributed by atoms with Crippen LogP contribution < -0.4 is 15.5 Å². The van der Waals surface area contributed by atoms with Gasteiger partial charge in [-0.05, 0) is 25.0 Å². The van der Waals surface area contributed by atoms with Crippen LogP contribution in [0, 0.1) is 0 Å². The quantitative estimate of drug-likeness (QED) is 0.884. The first kappa shape index (κ1) is 13.8. The smallest absolute Gasteiger partial charge is 0.238 e. The molecular weight excluding hydrogens is 270 g/mol. The maximum absolute atomic E-state index is 12.1. The van der Waals surface area contributed by atoms with Gasteiger partial charge in [-0.3, -0.25) is 10.1 Å². The third kappa shape index (κ3) is 3.27. The lowest BCUT2D eigenvalue weighted by Gasteiger charge is -2.34. The number of carbonyl (C=O) groups excluding carboxylic acids is 1. The van der Waals surface area contributed by atoms with Crippen molar-refractivity contribution in [3.63, 3.8) is 0 Å². The standard InChI is InChI=1S/C15H21N3OS/c19-15(14-10-20-11-16-14)17-12-6-8-18(9-7-12)13-4-2-1-3-5-13/h1-5,12,14,16H,6-11H2,(H,17,19). The Hall–Kier alpha value is -1.20. The number of thioether (sulfide) groups is 1. The molecule has 5 heteroatoms. The molecule has 20 heavy (non-hydrogen) atoms. The summed E-state index contributed by atoms with van der Waals surface area (Å²) in [6.07, 6.45) is 2.06. The minimum absolute atomic E-state index is 0.00662. The van der Waals surface area contributed by atoms with Crippen molar-refractivity contribution in [3.8, 4) is 0 Å². The van der Waals surface area contributed by atoms with E-state index in [2.05, 4.69) is 39.8 Å². The summed E-state index contributed by atoms with van der Waals surface area (Å²) in [5.41, 5.74) is 1.28. The average molecular weight is 291 g/mol. The number of anilines is 1. The second-order valence-electron chi connectivity index (χ2n) is 5.38. The molecule has 0 aliphatic carbocycles. The lowest BCUT2D eigenvalue weighted by atomic mass is 10.0. The first-order valence-corrected chi connectivity index (χ1v) is 8.40. The Balaban J connectivity index is 1.47. The molecule has 2 heterocycles. The van der Waals surface area contributed by atoms with Gasteiger partial charge in [-0.1, -0.05) is 18.2 Å². The predicted molar refractivity (Wildman–Crippen MR) is 84.1 cm³/mol. The van der Waals surface area contributed by atoms with Gasteiger partial charge in [0.05, 0.1) is 6.04 Å². The van der Waals surface area contributed by atoms with Gasteiger partial charge in [0.1, 0.15) is 0 Å². The Labute approximate surface area is 124 Å². The van der Waals surface area contributed by atoms with Crippen molar-refractivity contribution < 1.29 is 4.79 Å². The van der Waals surface area contributed by atoms with Crippen molar-refractivity contribution in [2.45, 2.75) is 24.9 Å². The van der Waals surface area contributed by atoms with Crippen molar-refractivity contribution in [2.75, 3.05) is 29.6 Å². The predicted octanol–water partition coefficient (Wildman–Crippen LogP) is 1.43. The van der Waals surface area contributed by atoms with Crippen molar-refractivity contribution in [1.29, 1.82) is 0 Å². The summed E-state index contributed by atoms with van der Waals surface area (Å²) in [7, 11) is 0. The van der Waals surface area contributed by atoms with Crippen LogP contribution in [0.3, 0.4) is 0 Å². The number of nitrogens with one attached hydrogen (secondary N) is 2. The Morgan fingerprint density at radius 3 is 2.65 bits per heavy atom. The Morgan fingerprint density at radius 2 is 2.00 bits per heavy atom. The van der Waals surface area contributed by atoms with E-state index in [9.17, 15) is 4.79 Å². The molecule has 1 unspecified atom stereocenters. The van der Waals surface area contributed by atoms with Gasteiger partial charge in [0.2, 0.25) is 5.91 Å². The fourth-order valence-corrected chi connectivity index (χ4v) is 3.73. The number of amides is 1. The summed E-state index contributed by atoms with van der Waals surface area (Å²) in [5, 5.41) is 6.41. The summed E-state index contributed by atoms with van der Waals surface area (Å²) in [6.45, 7) is 2.03. The molecule has 1 aromatic rings. The van der Waals surface area contributed by atoms with Gasteiger partial charge >= 0.3 is 0 Å². The van der Waals surface area contributed by atoms with E-state index in [0.717, 1.165) is 37.6 Å². The van der Waals surface area contributed by atoms with Crippen LogP contribution >= 0.6 is 11.8 Å². The molecule has 0 spiro atoms. The van der Waals surface area contributed by atoms with Crippen molar-refractivity contribution >= 4 is 23.4 Å². The van der Waals surface area contributed by atoms with Crippen LogP contribution in [0.1, 0.15) is 12.8 Å². The minimum Gasteiger partial charge on any atom is -0.371 e. The highest BCUT2D eigenvalue weighted by Gasteiger charge is 2.26. The van der Waals surface area contributed by atoms with Crippen LogP contribution in [0.25, 0.3) is 0 Å². The van der Waals surface area contributed by atoms with Gasteiger partial charge in [-0.15, -0.1) is 11.8 Å². The lowest BCUT2D eigenvalue weighted by molar-refractivity contribution is -0.123. The lowest BCUT2D eigenvalue weighted by Crippen LogP contribution is -2.50. The van der Waals surface area contributed by atoms with Crippen LogP contribution in [0.2, 0.25) is 0 Å². The van der Waals surface area contributed by atoms with E-state index >= 15 is 0 Å². The van der Waals surface area contributed by atoms with Gasteiger partial charge in [0.15, 0.2) is 0 Å². The fourth-order valence-electron chi connectivity index (χ4n) is 2.79. The second-order valence-corrected chi connectivity index (χ2v) is 6.41. The Kier molecular flexibility index (Phi) is 4.47. The second kappa shape index (κ2) is 6.50. The highest BCUT2D eigenvalue weighted by molar-refractivity contribution is 7.99. The normalized spacial score (nSPS) is 23.8. The zero-order chi connectivity index (χ0) is 13.8. The molecule has 108 valence electrons. The number of nitrogens with zero attached hydrogens (tertiary/aromatic N) is 1. The molecule has 2 aliphatic rings. The summed E-state index contributed by atoms with van der Waals surface area (Å²) in [5.74, 6) is 1.97. The molecule has 1 aromatic carbocycles. The number of carbonyl (C=O) groups is 1. The van der Waals surface area contributed by atoms with E-state index in [0.29, 0.717) is 6.04 Å². The average Bonchev–Trinajstić information content (AvgIpc) is 3.03. The SMILES string of the molecule is O=C(NC1CCN(c2ccccc2)CC1)C1CSCN1. The van der Waals surface area contributed by atoms with Crippen LogP contribution in [0.5, 0.6) is 0 Å². The Morgan fingerprint density at radius 1 is 1.25 bits per heavy atom. The molecule has 0 radical (unpaired) electrons. The van der Waals surface area contributed by atoms with Crippen molar-refractivity contribution in [3.05, 3.63) is 30.3 Å². The third-order valence-corrected chi connectivity index (χ3v) is 4.94. The molecule has 0 saturated carbocycles. The number of hydrogen-bond donors (Lipinski definition) is 2. The highest BCUT2D eigenvalue weighted by Crippen LogP contribution is 2.19. The topological polar surface area (TPSA) is 44.4 Å². The maximum Gasteiger partial charge on any atom is 0.238 e. The molecule has 0 aromatic heterocycles. The molecule has 2 fully saturated rings. The van der Waals surface area contributed by atoms with Crippen LogP contribution in [0.4, 0.5) is 5.69 Å². The molecule has 4 nitrogen and oxygen atoms in total. The molecule has 2 saturated heterocycles. The number of para-hydroxylation sites is 1. The van der Waals surface area contributed by atoms with Crippen molar-refractivity contribution in [2.24, 2.45) is 0 Å². The molecule has 2 N–H and O–H groups in total. The van der Waals surface area contributed by atoms with Gasteiger partial charge in [0.25, 0.3) is 0 Å². The molecule has 1 amide bonds. The van der Waals surface area contributed by atoms with E-state index in [-0.39, 0.29) is 11.9 Å². The maximum atomic E-state index is 12.1. The van der Waals surface area contributed by atoms with Crippen LogP contribution in [-0.2, 0) is 4.79 Å². The summed E-state index contributed by atoms with van der Waals surface area (Å²) in [4.78, 5) is 14.5. The van der Waals surface area contributed by atoms with E-state index in [1.165, 1.54) is 5.69 Å². The monoisotopic (exact) mass is 291 g/mol. The summed E-state index contributed by atoms with van der Waals surface area (Å²) < 4.78 is 0. The number of rotatable bonds is 3. The molecule has 3 rings (SSSR count). The minimum atomic E-state index is 0.00662. The molecule has 1 atom stereocenters. The molecular formula is C15H21N3OS. The number of hydrogen-bond acceptors (Lipinski definition) is 4. The largest absolute Gasteiger partial charge is 0.371 e. The van der Waals surface area contributed by atoms with Gasteiger partial charge < -0.3 is 10.2 Å². The van der Waals surface area contributed by atoms with Gasteiger partial charge in [-0.25, -0.2) is 0 Å². The number of piperidine rings is 1. The van der Waals surface area contributed by atoms with E-state index in [4.69, 9.17) is 0 Å². The fraction of sp³-hybridized carbons (Fsp3) is 0.533.